The minimum absolute atomic E-state index is 0.0381. The molecule has 0 amide bonds. The molecular formula is C15H17F5O. The number of hydrogen-bond donors (Lipinski definition) is 0. The van der Waals surface area contributed by atoms with E-state index in [0.29, 0.717) is 18.6 Å². The SMILES string of the molecule is COc1ccc(C2CCC(C(F)(F)C(F)(F)F)CC2)cc1. The largest absolute Gasteiger partial charge is 0.497 e. The van der Waals surface area contributed by atoms with Crippen molar-refractivity contribution >= 4 is 0 Å². The molecule has 0 aliphatic heterocycles. The van der Waals surface area contributed by atoms with E-state index in [2.05, 4.69) is 0 Å². The summed E-state index contributed by atoms with van der Waals surface area (Å²) in [5.74, 6) is -5.46. The second kappa shape index (κ2) is 5.81. The summed E-state index contributed by atoms with van der Waals surface area (Å²) in [5.41, 5.74) is 0.963. The highest BCUT2D eigenvalue weighted by Crippen LogP contribution is 2.49. The first kappa shape index (κ1) is 16.0. The smallest absolute Gasteiger partial charge is 0.453 e. The molecule has 2 rings (SSSR count). The average Bonchev–Trinajstić information content (AvgIpc) is 2.46. The minimum atomic E-state index is -5.45. The summed E-state index contributed by atoms with van der Waals surface area (Å²) in [6.45, 7) is 0. The van der Waals surface area contributed by atoms with Gasteiger partial charge in [0, 0.05) is 5.92 Å². The summed E-state index contributed by atoms with van der Waals surface area (Å²) in [5, 5.41) is 0. The second-order valence-electron chi connectivity index (χ2n) is 5.44. The van der Waals surface area contributed by atoms with Crippen molar-refractivity contribution in [3.8, 4) is 5.75 Å². The highest BCUT2D eigenvalue weighted by Gasteiger charge is 2.62. The fourth-order valence-corrected chi connectivity index (χ4v) is 2.90. The quantitative estimate of drug-likeness (QED) is 0.700. The van der Waals surface area contributed by atoms with E-state index >= 15 is 0 Å². The number of benzene rings is 1. The molecule has 1 fully saturated rings. The fourth-order valence-electron chi connectivity index (χ4n) is 2.90. The minimum Gasteiger partial charge on any atom is -0.497 e. The monoisotopic (exact) mass is 308 g/mol. The molecule has 1 aliphatic rings. The zero-order valence-corrected chi connectivity index (χ0v) is 11.6. The van der Waals surface area contributed by atoms with Gasteiger partial charge >= 0.3 is 12.1 Å². The Balaban J connectivity index is 1.99. The molecule has 0 N–H and O–H groups in total. The summed E-state index contributed by atoms with van der Waals surface area (Å²) in [7, 11) is 1.54. The predicted octanol–water partition coefficient (Wildman–Crippen LogP) is 5.17. The van der Waals surface area contributed by atoms with Crippen molar-refractivity contribution in [1.29, 1.82) is 0 Å². The van der Waals surface area contributed by atoms with E-state index in [0.717, 1.165) is 5.56 Å². The maximum absolute atomic E-state index is 13.3. The predicted molar refractivity (Wildman–Crippen MR) is 68.7 cm³/mol. The molecule has 0 atom stereocenters. The van der Waals surface area contributed by atoms with Gasteiger partial charge in [0.1, 0.15) is 5.75 Å². The molecule has 118 valence electrons. The first-order chi connectivity index (χ1) is 9.75. The van der Waals surface area contributed by atoms with Crippen molar-refractivity contribution in [2.45, 2.75) is 43.7 Å². The van der Waals surface area contributed by atoms with Crippen molar-refractivity contribution in [2.24, 2.45) is 5.92 Å². The molecule has 0 heterocycles. The van der Waals surface area contributed by atoms with Crippen molar-refractivity contribution in [3.05, 3.63) is 29.8 Å². The summed E-state index contributed by atoms with van der Waals surface area (Å²) < 4.78 is 68.7. The highest BCUT2D eigenvalue weighted by molar-refractivity contribution is 5.29. The molecule has 1 saturated carbocycles. The Morgan fingerprint density at radius 3 is 1.86 bits per heavy atom. The molecule has 0 unspecified atom stereocenters. The van der Waals surface area contributed by atoms with Crippen molar-refractivity contribution < 1.29 is 26.7 Å². The zero-order chi connectivity index (χ0) is 15.7. The maximum Gasteiger partial charge on any atom is 0.453 e. The van der Waals surface area contributed by atoms with E-state index < -0.39 is 18.0 Å². The number of methoxy groups -OCH3 is 1. The van der Waals surface area contributed by atoms with E-state index in [1.807, 2.05) is 12.1 Å². The van der Waals surface area contributed by atoms with Gasteiger partial charge in [-0.15, -0.1) is 0 Å². The van der Waals surface area contributed by atoms with Crippen LogP contribution in [0.25, 0.3) is 0 Å². The third kappa shape index (κ3) is 3.30. The van der Waals surface area contributed by atoms with E-state index in [1.165, 1.54) is 0 Å². The van der Waals surface area contributed by atoms with Crippen molar-refractivity contribution in [3.63, 3.8) is 0 Å². The Hall–Kier alpha value is -1.33. The van der Waals surface area contributed by atoms with Crippen molar-refractivity contribution in [1.82, 2.24) is 0 Å². The lowest BCUT2D eigenvalue weighted by atomic mass is 9.76. The van der Waals surface area contributed by atoms with Crippen LogP contribution in [-0.4, -0.2) is 19.2 Å². The first-order valence-corrected chi connectivity index (χ1v) is 6.84. The van der Waals surface area contributed by atoms with Crippen LogP contribution in [0, 0.1) is 5.92 Å². The first-order valence-electron chi connectivity index (χ1n) is 6.84. The molecule has 0 spiro atoms. The van der Waals surface area contributed by atoms with E-state index in [1.54, 1.807) is 19.2 Å². The molecule has 1 aliphatic carbocycles. The topological polar surface area (TPSA) is 9.23 Å². The van der Waals surface area contributed by atoms with Gasteiger partial charge < -0.3 is 4.74 Å². The van der Waals surface area contributed by atoms with Crippen molar-refractivity contribution in [2.75, 3.05) is 7.11 Å². The second-order valence-corrected chi connectivity index (χ2v) is 5.44. The van der Waals surface area contributed by atoms with Crippen LogP contribution in [0.5, 0.6) is 5.75 Å². The van der Waals surface area contributed by atoms with Crippen LogP contribution in [0.1, 0.15) is 37.2 Å². The average molecular weight is 308 g/mol. The van der Waals surface area contributed by atoms with Crippen LogP contribution in [0.15, 0.2) is 24.3 Å². The zero-order valence-electron chi connectivity index (χ0n) is 11.6. The van der Waals surface area contributed by atoms with Gasteiger partial charge in [-0.1, -0.05) is 12.1 Å². The standard InChI is InChI=1S/C15H17F5O/c1-21-13-8-4-11(5-9-13)10-2-6-12(7-3-10)14(16,17)15(18,19)20/h4-5,8-10,12H,2-3,6-7H2,1H3. The number of halogens is 5. The van der Waals surface area contributed by atoms with Gasteiger partial charge in [0.15, 0.2) is 0 Å². The lowest BCUT2D eigenvalue weighted by molar-refractivity contribution is -0.305. The third-order valence-corrected chi connectivity index (χ3v) is 4.21. The lowest BCUT2D eigenvalue weighted by Gasteiger charge is -2.34. The molecule has 6 heteroatoms. The van der Waals surface area contributed by atoms with E-state index in [9.17, 15) is 22.0 Å². The fraction of sp³-hybridized carbons (Fsp3) is 0.600. The summed E-state index contributed by atoms with van der Waals surface area (Å²) >= 11 is 0. The Bertz CT molecular complexity index is 458. The molecular weight excluding hydrogens is 291 g/mol. The van der Waals surface area contributed by atoms with Gasteiger partial charge in [-0.3, -0.25) is 0 Å². The summed E-state index contributed by atoms with van der Waals surface area (Å²) in [6.07, 6.45) is -4.97. The number of alkyl halides is 5. The molecule has 0 radical (unpaired) electrons. The van der Waals surface area contributed by atoms with Gasteiger partial charge in [-0.25, -0.2) is 0 Å². The summed E-state index contributed by atoms with van der Waals surface area (Å²) in [6, 6.07) is 7.22. The number of hydrogen-bond acceptors (Lipinski definition) is 1. The maximum atomic E-state index is 13.3. The molecule has 1 nitrogen and oxygen atoms in total. The Labute approximate surface area is 120 Å². The van der Waals surface area contributed by atoms with Crippen LogP contribution in [-0.2, 0) is 0 Å². The Morgan fingerprint density at radius 2 is 1.43 bits per heavy atom. The molecule has 0 bridgehead atoms. The van der Waals surface area contributed by atoms with Gasteiger partial charge in [0.05, 0.1) is 7.11 Å². The van der Waals surface area contributed by atoms with Gasteiger partial charge in [-0.05, 0) is 49.3 Å². The lowest BCUT2D eigenvalue weighted by Crippen LogP contribution is -2.44. The van der Waals surface area contributed by atoms with E-state index in [-0.39, 0.29) is 18.8 Å². The molecule has 1 aromatic rings. The molecule has 21 heavy (non-hydrogen) atoms. The normalized spacial score (nSPS) is 23.9. The molecule has 0 aromatic heterocycles. The number of rotatable bonds is 3. The number of ether oxygens (including phenoxy) is 1. The van der Waals surface area contributed by atoms with Crippen LogP contribution < -0.4 is 4.74 Å². The molecule has 1 aromatic carbocycles. The highest BCUT2D eigenvalue weighted by atomic mass is 19.4. The van der Waals surface area contributed by atoms with Crippen LogP contribution in [0.4, 0.5) is 22.0 Å². The van der Waals surface area contributed by atoms with E-state index in [4.69, 9.17) is 4.74 Å². The molecule has 0 saturated heterocycles. The van der Waals surface area contributed by atoms with Gasteiger partial charge in [0.25, 0.3) is 0 Å². The summed E-state index contributed by atoms with van der Waals surface area (Å²) in [4.78, 5) is 0. The van der Waals surface area contributed by atoms with Crippen LogP contribution >= 0.6 is 0 Å². The Morgan fingerprint density at radius 1 is 0.905 bits per heavy atom. The van der Waals surface area contributed by atoms with Gasteiger partial charge in [-0.2, -0.15) is 22.0 Å². The van der Waals surface area contributed by atoms with Crippen LogP contribution in [0.2, 0.25) is 0 Å². The van der Waals surface area contributed by atoms with Crippen LogP contribution in [0.3, 0.4) is 0 Å². The third-order valence-electron chi connectivity index (χ3n) is 4.21. The Kier molecular flexibility index (Phi) is 4.44. The van der Waals surface area contributed by atoms with Gasteiger partial charge in [0.2, 0.25) is 0 Å².